The third kappa shape index (κ3) is 4.78. The number of fused-ring (bicyclic) bond motifs is 5. The van der Waals surface area contributed by atoms with Crippen LogP contribution in [0, 0.1) is 29.6 Å². The minimum absolute atomic E-state index is 0.0188. The molecule has 2 aromatic rings. The van der Waals surface area contributed by atoms with Crippen LogP contribution >= 0.6 is 0 Å². The third-order valence-electron chi connectivity index (χ3n) is 7.52. The predicted octanol–water partition coefficient (Wildman–Crippen LogP) is 3.85. The molecule has 5 rings (SSSR count). The highest BCUT2D eigenvalue weighted by Crippen LogP contribution is 2.53. The predicted molar refractivity (Wildman–Crippen MR) is 136 cm³/mol. The lowest BCUT2D eigenvalue weighted by Crippen LogP contribution is -2.48. The monoisotopic (exact) mass is 515 g/mol. The van der Waals surface area contributed by atoms with Crippen molar-refractivity contribution in [2.45, 2.75) is 32.7 Å². The number of amides is 2. The van der Waals surface area contributed by atoms with Crippen LogP contribution in [0.3, 0.4) is 0 Å². The molecule has 8 nitrogen and oxygen atoms in total. The van der Waals surface area contributed by atoms with Gasteiger partial charge in [0.05, 0.1) is 17.4 Å². The molecule has 0 N–H and O–H groups in total. The first-order valence-electron chi connectivity index (χ1n) is 12.9. The van der Waals surface area contributed by atoms with Crippen LogP contribution < -0.4 is 4.74 Å². The first kappa shape index (κ1) is 25.6. The van der Waals surface area contributed by atoms with Gasteiger partial charge in [-0.05, 0) is 67.0 Å². The van der Waals surface area contributed by atoms with E-state index in [0.717, 1.165) is 11.3 Å². The molecule has 0 radical (unpaired) electrons. The Balaban J connectivity index is 1.21. The molecule has 38 heavy (non-hydrogen) atoms. The molecular formula is C30H29NO7. The van der Waals surface area contributed by atoms with Crippen molar-refractivity contribution < 1.29 is 33.4 Å². The summed E-state index contributed by atoms with van der Waals surface area (Å²) >= 11 is 0. The zero-order chi connectivity index (χ0) is 27.0. The van der Waals surface area contributed by atoms with E-state index < -0.39 is 42.2 Å². The Bertz CT molecular complexity index is 1270. The SMILES string of the molecule is CC(C)CC(C(=O)OCC(=O)c1ccc(OC(=O)c2ccccc2)cc1)N1C(=O)C2C3C=CC(C3)C2C1=O. The van der Waals surface area contributed by atoms with E-state index in [0.29, 0.717) is 5.56 Å². The molecule has 8 heteroatoms. The molecule has 2 aliphatic carbocycles. The Hall–Kier alpha value is -4.07. The van der Waals surface area contributed by atoms with Crippen molar-refractivity contribution >= 4 is 29.5 Å². The summed E-state index contributed by atoms with van der Waals surface area (Å²) < 4.78 is 10.7. The van der Waals surface area contributed by atoms with Gasteiger partial charge in [-0.1, -0.05) is 44.2 Å². The number of imide groups is 1. The second kappa shape index (κ2) is 10.4. The number of esters is 2. The molecule has 1 heterocycles. The number of hydrogen-bond acceptors (Lipinski definition) is 7. The lowest BCUT2D eigenvalue weighted by Gasteiger charge is -2.27. The molecule has 196 valence electrons. The smallest absolute Gasteiger partial charge is 0.343 e. The van der Waals surface area contributed by atoms with Gasteiger partial charge in [0.25, 0.3) is 0 Å². The molecule has 1 saturated heterocycles. The number of benzene rings is 2. The van der Waals surface area contributed by atoms with E-state index in [1.54, 1.807) is 30.3 Å². The molecule has 0 spiro atoms. The lowest BCUT2D eigenvalue weighted by molar-refractivity contribution is -0.159. The minimum Gasteiger partial charge on any atom is -0.456 e. The Kier molecular flexibility index (Phi) is 6.97. The number of ketones is 1. The Morgan fingerprint density at radius 2 is 1.47 bits per heavy atom. The first-order valence-corrected chi connectivity index (χ1v) is 12.9. The van der Waals surface area contributed by atoms with Crippen molar-refractivity contribution in [3.63, 3.8) is 0 Å². The quantitative estimate of drug-likeness (QED) is 0.164. The molecule has 2 fully saturated rings. The number of allylic oxidation sites excluding steroid dienone is 2. The van der Waals surface area contributed by atoms with Gasteiger partial charge < -0.3 is 9.47 Å². The fraction of sp³-hybridized carbons (Fsp3) is 0.367. The molecule has 2 bridgehead atoms. The number of nitrogens with zero attached hydrogens (tertiary/aromatic N) is 1. The van der Waals surface area contributed by atoms with Crippen molar-refractivity contribution in [3.05, 3.63) is 77.9 Å². The normalized spacial score (nSPS) is 24.0. The summed E-state index contributed by atoms with van der Waals surface area (Å²) in [7, 11) is 0. The molecule has 3 aliphatic rings. The number of ether oxygens (including phenoxy) is 2. The Morgan fingerprint density at radius 3 is 2.05 bits per heavy atom. The maximum absolute atomic E-state index is 13.2. The molecular weight excluding hydrogens is 486 g/mol. The number of likely N-dealkylation sites (tertiary alicyclic amines) is 1. The second-order valence-corrected chi connectivity index (χ2v) is 10.5. The van der Waals surface area contributed by atoms with Gasteiger partial charge in [0, 0.05) is 5.56 Å². The third-order valence-corrected chi connectivity index (χ3v) is 7.52. The van der Waals surface area contributed by atoms with Crippen LogP contribution in [-0.2, 0) is 19.1 Å². The zero-order valence-corrected chi connectivity index (χ0v) is 21.2. The molecule has 2 aromatic carbocycles. The van der Waals surface area contributed by atoms with E-state index in [9.17, 15) is 24.0 Å². The summed E-state index contributed by atoms with van der Waals surface area (Å²) in [6, 6.07) is 13.4. The molecule has 1 aliphatic heterocycles. The zero-order valence-electron chi connectivity index (χ0n) is 21.2. The van der Waals surface area contributed by atoms with E-state index in [1.165, 1.54) is 24.3 Å². The fourth-order valence-corrected chi connectivity index (χ4v) is 5.75. The van der Waals surface area contributed by atoms with Gasteiger partial charge in [-0.2, -0.15) is 0 Å². The molecule has 1 saturated carbocycles. The number of Topliss-reactive ketones (excluding diaryl/α,β-unsaturated/α-hetero) is 1. The molecule has 2 amide bonds. The Morgan fingerprint density at radius 1 is 0.868 bits per heavy atom. The fourth-order valence-electron chi connectivity index (χ4n) is 5.75. The summed E-state index contributed by atoms with van der Waals surface area (Å²) in [5, 5.41) is 0. The maximum atomic E-state index is 13.2. The number of hydrogen-bond donors (Lipinski definition) is 0. The minimum atomic E-state index is -1.06. The van der Waals surface area contributed by atoms with Crippen molar-refractivity contribution in [1.29, 1.82) is 0 Å². The van der Waals surface area contributed by atoms with Gasteiger partial charge in [0.2, 0.25) is 11.8 Å². The summed E-state index contributed by atoms with van der Waals surface area (Å²) in [6.07, 6.45) is 5.07. The highest BCUT2D eigenvalue weighted by Gasteiger charge is 2.61. The van der Waals surface area contributed by atoms with Crippen LogP contribution in [0.1, 0.15) is 47.4 Å². The van der Waals surface area contributed by atoms with Crippen molar-refractivity contribution in [1.82, 2.24) is 4.90 Å². The summed E-state index contributed by atoms with van der Waals surface area (Å²) in [5.41, 5.74) is 0.668. The van der Waals surface area contributed by atoms with Crippen LogP contribution in [-0.4, -0.2) is 47.1 Å². The van der Waals surface area contributed by atoms with E-state index in [-0.39, 0.29) is 47.3 Å². The van der Waals surface area contributed by atoms with Crippen LogP contribution in [0.4, 0.5) is 0 Å². The van der Waals surface area contributed by atoms with Gasteiger partial charge in [0.1, 0.15) is 11.8 Å². The second-order valence-electron chi connectivity index (χ2n) is 10.5. The summed E-state index contributed by atoms with van der Waals surface area (Å²) in [4.78, 5) is 65.6. The number of rotatable bonds is 9. The van der Waals surface area contributed by atoms with Crippen LogP contribution in [0.25, 0.3) is 0 Å². The van der Waals surface area contributed by atoms with Crippen molar-refractivity contribution in [2.75, 3.05) is 6.61 Å². The standard InChI is InChI=1S/C30H29NO7/c1-17(2)14-23(31-27(33)25-20-8-9-21(15-20)26(25)28(31)34)30(36)37-16-24(32)18-10-12-22(13-11-18)38-29(35)19-6-4-3-5-7-19/h3-13,17,20-21,23,25-26H,14-16H2,1-2H3. The average Bonchev–Trinajstić information content (AvgIpc) is 3.60. The molecule has 5 atom stereocenters. The summed E-state index contributed by atoms with van der Waals surface area (Å²) in [6.45, 7) is 3.26. The van der Waals surface area contributed by atoms with Gasteiger partial charge in [-0.15, -0.1) is 0 Å². The molecule has 5 unspecified atom stereocenters. The van der Waals surface area contributed by atoms with Crippen LogP contribution in [0.2, 0.25) is 0 Å². The largest absolute Gasteiger partial charge is 0.456 e. The topological polar surface area (TPSA) is 107 Å². The van der Waals surface area contributed by atoms with Crippen molar-refractivity contribution in [2.24, 2.45) is 29.6 Å². The van der Waals surface area contributed by atoms with Gasteiger partial charge in [0.15, 0.2) is 12.4 Å². The number of carbonyl (C=O) groups is 5. The highest BCUT2D eigenvalue weighted by molar-refractivity contribution is 6.09. The van der Waals surface area contributed by atoms with Gasteiger partial charge >= 0.3 is 11.9 Å². The Labute approximate surface area is 220 Å². The van der Waals surface area contributed by atoms with Crippen molar-refractivity contribution in [3.8, 4) is 5.75 Å². The van der Waals surface area contributed by atoms with E-state index in [2.05, 4.69) is 0 Å². The first-order chi connectivity index (χ1) is 18.2. The van der Waals surface area contributed by atoms with Gasteiger partial charge in [-0.25, -0.2) is 9.59 Å². The van der Waals surface area contributed by atoms with E-state index >= 15 is 0 Å². The van der Waals surface area contributed by atoms with Crippen LogP contribution in [0.15, 0.2) is 66.7 Å². The maximum Gasteiger partial charge on any atom is 0.343 e. The summed E-state index contributed by atoms with van der Waals surface area (Å²) in [5.74, 6) is -2.81. The highest BCUT2D eigenvalue weighted by atomic mass is 16.5. The number of carbonyl (C=O) groups excluding carboxylic acids is 5. The van der Waals surface area contributed by atoms with E-state index in [1.807, 2.05) is 26.0 Å². The van der Waals surface area contributed by atoms with Gasteiger partial charge in [-0.3, -0.25) is 19.3 Å². The molecule has 0 aromatic heterocycles. The van der Waals surface area contributed by atoms with E-state index in [4.69, 9.17) is 9.47 Å². The lowest BCUT2D eigenvalue weighted by atomic mass is 9.85. The average molecular weight is 516 g/mol. The van der Waals surface area contributed by atoms with Crippen LogP contribution in [0.5, 0.6) is 5.75 Å².